The van der Waals surface area contributed by atoms with Crippen molar-refractivity contribution in [3.63, 3.8) is 0 Å². The van der Waals surface area contributed by atoms with Crippen LogP contribution >= 0.6 is 0 Å². The third-order valence-electron chi connectivity index (χ3n) is 10.1. The molecule has 2 N–H and O–H groups in total. The molecule has 0 aliphatic carbocycles. The predicted octanol–water partition coefficient (Wildman–Crippen LogP) is 12.8. The van der Waals surface area contributed by atoms with Crippen molar-refractivity contribution >= 4 is 23.1 Å². The molecule has 0 aromatic heterocycles. The Labute approximate surface area is 326 Å². The molecular formula is C52H36O4. The summed E-state index contributed by atoms with van der Waals surface area (Å²) in [5.41, 5.74) is 15.2. The molecule has 0 atom stereocenters. The third-order valence-corrected chi connectivity index (χ3v) is 10.1. The maximum atomic E-state index is 11.5. The molecule has 268 valence electrons. The monoisotopic (exact) mass is 724 g/mol. The van der Waals surface area contributed by atoms with Crippen molar-refractivity contribution < 1.29 is 19.8 Å². The molecule has 0 aliphatic heterocycles. The summed E-state index contributed by atoms with van der Waals surface area (Å²) < 4.78 is 0. The van der Waals surface area contributed by atoms with Crippen LogP contribution in [-0.2, 0) is 0 Å². The SMILES string of the molecule is O=C(O)c1ccc(-c2ccc(/C(=C(\c3ccc(-c4ccccc4)cc3)c3ccc(-c4ccc(C(=O)O)cc4)cc3)c3ccc(-c4ccccc4)cc3)cc2)cc1. The highest BCUT2D eigenvalue weighted by atomic mass is 16.4. The molecule has 0 spiro atoms. The van der Waals surface area contributed by atoms with E-state index in [1.54, 1.807) is 24.3 Å². The summed E-state index contributed by atoms with van der Waals surface area (Å²) in [7, 11) is 0. The minimum atomic E-state index is -0.951. The molecule has 8 aromatic carbocycles. The second-order valence-corrected chi connectivity index (χ2v) is 13.6. The van der Waals surface area contributed by atoms with Crippen LogP contribution in [0.1, 0.15) is 43.0 Å². The fraction of sp³-hybridized carbons (Fsp3) is 0. The van der Waals surface area contributed by atoms with Crippen molar-refractivity contribution in [2.45, 2.75) is 0 Å². The van der Waals surface area contributed by atoms with E-state index in [1.165, 1.54) is 0 Å². The predicted molar refractivity (Wildman–Crippen MR) is 226 cm³/mol. The average Bonchev–Trinajstić information content (AvgIpc) is 3.26. The number of carboxylic acids is 2. The zero-order chi connectivity index (χ0) is 38.4. The van der Waals surface area contributed by atoms with Gasteiger partial charge >= 0.3 is 11.9 Å². The maximum absolute atomic E-state index is 11.5. The highest BCUT2D eigenvalue weighted by Crippen LogP contribution is 2.39. The van der Waals surface area contributed by atoms with Crippen LogP contribution in [0.2, 0.25) is 0 Å². The lowest BCUT2D eigenvalue weighted by atomic mass is 9.84. The summed E-state index contributed by atoms with van der Waals surface area (Å²) in [6.45, 7) is 0. The fourth-order valence-corrected chi connectivity index (χ4v) is 7.10. The first-order chi connectivity index (χ1) is 27.4. The number of carboxylic acid groups (broad SMARTS) is 2. The van der Waals surface area contributed by atoms with E-state index < -0.39 is 11.9 Å². The number of benzene rings is 8. The standard InChI is InChI=1S/C52H36O4/c53-51(54)47-31-19-41(20-32-47)39-15-27-45(28-16-39)49(43-23-11-37(12-24-43)35-7-3-1-4-8-35)50(44-25-13-38(14-26-44)36-9-5-2-6-10-36)46-29-17-40(18-30-46)42-21-33-48(34-22-42)52(55)56/h1-34H,(H,53,54)(H,55,56)/b50-49+. The Kier molecular flexibility index (Phi) is 10.0. The molecule has 0 unspecified atom stereocenters. The van der Waals surface area contributed by atoms with Crippen molar-refractivity contribution in [1.82, 2.24) is 0 Å². The van der Waals surface area contributed by atoms with E-state index in [9.17, 15) is 19.8 Å². The van der Waals surface area contributed by atoms with Gasteiger partial charge in [-0.05, 0) is 102 Å². The first kappa shape index (κ1) is 35.5. The van der Waals surface area contributed by atoms with Crippen molar-refractivity contribution in [3.8, 4) is 44.5 Å². The number of hydrogen-bond donors (Lipinski definition) is 2. The lowest BCUT2D eigenvalue weighted by Crippen LogP contribution is -1.98. The number of aromatic carboxylic acids is 2. The Morgan fingerprint density at radius 1 is 0.232 bits per heavy atom. The molecule has 0 saturated heterocycles. The lowest BCUT2D eigenvalue weighted by Gasteiger charge is -2.19. The highest BCUT2D eigenvalue weighted by Gasteiger charge is 2.18. The van der Waals surface area contributed by atoms with Gasteiger partial charge in [0.1, 0.15) is 0 Å². The Hall–Kier alpha value is -7.56. The molecule has 0 saturated carbocycles. The van der Waals surface area contributed by atoms with Gasteiger partial charge in [-0.1, -0.05) is 182 Å². The Balaban J connectivity index is 1.30. The van der Waals surface area contributed by atoms with Gasteiger partial charge < -0.3 is 10.2 Å². The van der Waals surface area contributed by atoms with Gasteiger partial charge in [0.05, 0.1) is 11.1 Å². The molecule has 0 bridgehead atoms. The molecule has 56 heavy (non-hydrogen) atoms. The van der Waals surface area contributed by atoms with E-state index in [4.69, 9.17) is 0 Å². The quantitative estimate of drug-likeness (QED) is 0.138. The third kappa shape index (κ3) is 7.58. The Bertz CT molecular complexity index is 2450. The van der Waals surface area contributed by atoms with Crippen molar-refractivity contribution in [3.05, 3.63) is 240 Å². The van der Waals surface area contributed by atoms with Crippen LogP contribution in [0.5, 0.6) is 0 Å². The molecular weight excluding hydrogens is 689 g/mol. The van der Waals surface area contributed by atoms with Gasteiger partial charge in [0.25, 0.3) is 0 Å². The van der Waals surface area contributed by atoms with Crippen LogP contribution in [-0.4, -0.2) is 22.2 Å². The van der Waals surface area contributed by atoms with Crippen molar-refractivity contribution in [1.29, 1.82) is 0 Å². The van der Waals surface area contributed by atoms with Gasteiger partial charge in [0.2, 0.25) is 0 Å². The molecule has 8 aromatic rings. The second kappa shape index (κ2) is 15.8. The van der Waals surface area contributed by atoms with E-state index in [-0.39, 0.29) is 11.1 Å². The fourth-order valence-electron chi connectivity index (χ4n) is 7.10. The maximum Gasteiger partial charge on any atom is 0.335 e. The summed E-state index contributed by atoms with van der Waals surface area (Å²) >= 11 is 0. The topological polar surface area (TPSA) is 74.6 Å². The molecule has 0 fully saturated rings. The van der Waals surface area contributed by atoms with Crippen LogP contribution in [0.15, 0.2) is 206 Å². The number of carbonyl (C=O) groups is 2. The van der Waals surface area contributed by atoms with Gasteiger partial charge in [-0.3, -0.25) is 0 Å². The van der Waals surface area contributed by atoms with Gasteiger partial charge in [0.15, 0.2) is 0 Å². The zero-order valence-corrected chi connectivity index (χ0v) is 30.3. The number of hydrogen-bond acceptors (Lipinski definition) is 2. The van der Waals surface area contributed by atoms with Crippen LogP contribution in [0.4, 0.5) is 0 Å². The van der Waals surface area contributed by atoms with Gasteiger partial charge in [-0.25, -0.2) is 9.59 Å². The van der Waals surface area contributed by atoms with E-state index in [0.717, 1.165) is 77.9 Å². The van der Waals surface area contributed by atoms with Crippen molar-refractivity contribution in [2.75, 3.05) is 0 Å². The molecule has 4 nitrogen and oxygen atoms in total. The summed E-state index contributed by atoms with van der Waals surface area (Å²) in [6.07, 6.45) is 0. The zero-order valence-electron chi connectivity index (χ0n) is 30.3. The van der Waals surface area contributed by atoms with Crippen LogP contribution in [0, 0.1) is 0 Å². The molecule has 0 heterocycles. The van der Waals surface area contributed by atoms with E-state index in [2.05, 4.69) is 121 Å². The average molecular weight is 725 g/mol. The summed E-state index contributed by atoms with van der Waals surface area (Å²) in [6, 6.07) is 68.9. The van der Waals surface area contributed by atoms with Gasteiger partial charge in [0, 0.05) is 0 Å². The summed E-state index contributed by atoms with van der Waals surface area (Å²) in [5.74, 6) is -1.90. The molecule has 0 aliphatic rings. The van der Waals surface area contributed by atoms with Crippen molar-refractivity contribution in [2.24, 2.45) is 0 Å². The second-order valence-electron chi connectivity index (χ2n) is 13.6. The molecule has 0 radical (unpaired) electrons. The minimum Gasteiger partial charge on any atom is -0.478 e. The minimum absolute atomic E-state index is 0.251. The first-order valence-electron chi connectivity index (χ1n) is 18.4. The number of rotatable bonds is 10. The molecule has 0 amide bonds. The Morgan fingerprint density at radius 2 is 0.411 bits per heavy atom. The van der Waals surface area contributed by atoms with Gasteiger partial charge in [-0.2, -0.15) is 0 Å². The van der Waals surface area contributed by atoms with E-state index in [0.29, 0.717) is 0 Å². The highest BCUT2D eigenvalue weighted by molar-refractivity contribution is 6.05. The normalized spacial score (nSPS) is 11.4. The lowest BCUT2D eigenvalue weighted by molar-refractivity contribution is 0.0686. The van der Waals surface area contributed by atoms with Crippen LogP contribution < -0.4 is 0 Å². The van der Waals surface area contributed by atoms with E-state index >= 15 is 0 Å². The summed E-state index contributed by atoms with van der Waals surface area (Å²) in [4.78, 5) is 23.0. The van der Waals surface area contributed by atoms with Crippen LogP contribution in [0.25, 0.3) is 55.7 Å². The smallest absolute Gasteiger partial charge is 0.335 e. The van der Waals surface area contributed by atoms with Gasteiger partial charge in [-0.15, -0.1) is 0 Å². The summed E-state index contributed by atoms with van der Waals surface area (Å²) in [5, 5.41) is 18.8. The molecule has 4 heteroatoms. The van der Waals surface area contributed by atoms with E-state index in [1.807, 2.05) is 60.7 Å². The first-order valence-corrected chi connectivity index (χ1v) is 18.4. The molecule has 8 rings (SSSR count). The largest absolute Gasteiger partial charge is 0.478 e. The van der Waals surface area contributed by atoms with Crippen LogP contribution in [0.3, 0.4) is 0 Å². The Morgan fingerprint density at radius 3 is 0.607 bits per heavy atom.